The van der Waals surface area contributed by atoms with Crippen molar-refractivity contribution in [3.05, 3.63) is 55.4 Å². The Bertz CT molecular complexity index is 1230. The number of amides is 3. The van der Waals surface area contributed by atoms with Gasteiger partial charge in [0.1, 0.15) is 4.83 Å². The van der Waals surface area contributed by atoms with Gasteiger partial charge in [-0.1, -0.05) is 29.3 Å². The first kappa shape index (κ1) is 21.9. The molecule has 4 rings (SSSR count). The van der Waals surface area contributed by atoms with Crippen molar-refractivity contribution >= 4 is 79.6 Å². The zero-order valence-corrected chi connectivity index (χ0v) is 19.6. The molecule has 0 radical (unpaired) electrons. The number of rotatable bonds is 5. The Kier molecular flexibility index (Phi) is 6.11. The summed E-state index contributed by atoms with van der Waals surface area (Å²) in [5.74, 6) is -0.655. The standard InChI is InChI=1S/C20H16Cl2N4O3S2/c1-10-12-9-15(30-19(12)25(2)24-10)17(27)23-5-6-26-18(28)16(31-20(26)29)8-11-3-4-13(21)14(22)7-11/h3-4,7-9H,5-6H2,1-2H3,(H,23,27)/b16-8+. The number of nitrogens with one attached hydrogen (secondary N) is 1. The van der Waals surface area contributed by atoms with Crippen molar-refractivity contribution in [2.45, 2.75) is 6.92 Å². The fourth-order valence-corrected chi connectivity index (χ4v) is 5.34. The van der Waals surface area contributed by atoms with Gasteiger partial charge in [0, 0.05) is 25.5 Å². The Hall–Kier alpha value is -2.33. The van der Waals surface area contributed by atoms with Crippen LogP contribution in [0.5, 0.6) is 0 Å². The molecule has 1 aliphatic rings. The van der Waals surface area contributed by atoms with Crippen molar-refractivity contribution in [1.29, 1.82) is 0 Å². The summed E-state index contributed by atoms with van der Waals surface area (Å²) < 4.78 is 1.74. The maximum absolute atomic E-state index is 12.6. The van der Waals surface area contributed by atoms with Crippen LogP contribution >= 0.6 is 46.3 Å². The van der Waals surface area contributed by atoms with Crippen molar-refractivity contribution in [2.75, 3.05) is 13.1 Å². The third-order valence-corrected chi connectivity index (χ3v) is 7.50. The van der Waals surface area contributed by atoms with Crippen LogP contribution in [-0.4, -0.2) is 44.8 Å². The van der Waals surface area contributed by atoms with E-state index in [2.05, 4.69) is 10.4 Å². The highest BCUT2D eigenvalue weighted by molar-refractivity contribution is 8.18. The van der Waals surface area contributed by atoms with E-state index in [0.717, 1.165) is 32.6 Å². The molecule has 31 heavy (non-hydrogen) atoms. The lowest BCUT2D eigenvalue weighted by Gasteiger charge is -2.12. The van der Waals surface area contributed by atoms with Gasteiger partial charge in [0.05, 0.1) is 25.5 Å². The number of benzene rings is 1. The maximum atomic E-state index is 12.6. The predicted molar refractivity (Wildman–Crippen MR) is 125 cm³/mol. The average Bonchev–Trinajstić information content (AvgIpc) is 3.35. The fourth-order valence-electron chi connectivity index (χ4n) is 3.13. The van der Waals surface area contributed by atoms with E-state index in [0.29, 0.717) is 25.4 Å². The van der Waals surface area contributed by atoms with E-state index < -0.39 is 5.91 Å². The van der Waals surface area contributed by atoms with Gasteiger partial charge in [0.15, 0.2) is 0 Å². The summed E-state index contributed by atoms with van der Waals surface area (Å²) in [6, 6.07) is 6.77. The van der Waals surface area contributed by atoms with Crippen LogP contribution in [0.15, 0.2) is 29.2 Å². The van der Waals surface area contributed by atoms with Crippen LogP contribution in [-0.2, 0) is 11.8 Å². The zero-order valence-electron chi connectivity index (χ0n) is 16.4. The lowest BCUT2D eigenvalue weighted by molar-refractivity contribution is -0.122. The van der Waals surface area contributed by atoms with Crippen molar-refractivity contribution < 1.29 is 14.4 Å². The van der Waals surface area contributed by atoms with Crippen LogP contribution < -0.4 is 5.32 Å². The number of thiophene rings is 1. The summed E-state index contributed by atoms with van der Waals surface area (Å²) in [6.45, 7) is 2.13. The molecule has 3 amide bonds. The first-order valence-corrected chi connectivity index (χ1v) is 11.5. The summed E-state index contributed by atoms with van der Waals surface area (Å²) in [7, 11) is 1.83. The number of hydrogen-bond acceptors (Lipinski definition) is 6. The molecule has 0 saturated carbocycles. The average molecular weight is 495 g/mol. The van der Waals surface area contributed by atoms with E-state index in [4.69, 9.17) is 23.2 Å². The lowest BCUT2D eigenvalue weighted by Crippen LogP contribution is -2.37. The normalized spacial score (nSPS) is 15.5. The monoisotopic (exact) mass is 494 g/mol. The first-order chi connectivity index (χ1) is 14.7. The quantitative estimate of drug-likeness (QED) is 0.518. The number of nitrogens with zero attached hydrogens (tertiary/aromatic N) is 3. The summed E-state index contributed by atoms with van der Waals surface area (Å²) in [4.78, 5) is 40.2. The molecule has 160 valence electrons. The van der Waals surface area contributed by atoms with E-state index in [-0.39, 0.29) is 24.2 Å². The van der Waals surface area contributed by atoms with Gasteiger partial charge in [-0.3, -0.25) is 24.0 Å². The molecular formula is C20H16Cl2N4O3S2. The van der Waals surface area contributed by atoms with Gasteiger partial charge in [-0.25, -0.2) is 0 Å². The molecule has 7 nitrogen and oxygen atoms in total. The van der Waals surface area contributed by atoms with Gasteiger partial charge < -0.3 is 5.32 Å². The van der Waals surface area contributed by atoms with Gasteiger partial charge in [0.2, 0.25) is 0 Å². The van der Waals surface area contributed by atoms with Gasteiger partial charge in [-0.15, -0.1) is 11.3 Å². The van der Waals surface area contributed by atoms with Crippen LogP contribution in [0.2, 0.25) is 10.0 Å². The summed E-state index contributed by atoms with van der Waals surface area (Å²) in [6.07, 6.45) is 1.60. The summed E-state index contributed by atoms with van der Waals surface area (Å²) in [5.41, 5.74) is 1.53. The number of halogens is 2. The Morgan fingerprint density at radius 1 is 1.23 bits per heavy atom. The molecular weight excluding hydrogens is 479 g/mol. The highest BCUT2D eigenvalue weighted by atomic mass is 35.5. The molecule has 1 aromatic carbocycles. The second-order valence-electron chi connectivity index (χ2n) is 6.80. The van der Waals surface area contributed by atoms with Gasteiger partial charge in [-0.2, -0.15) is 5.10 Å². The van der Waals surface area contributed by atoms with Crippen LogP contribution in [0, 0.1) is 6.92 Å². The molecule has 3 heterocycles. The van der Waals surface area contributed by atoms with Gasteiger partial charge in [-0.05, 0) is 48.5 Å². The van der Waals surface area contributed by atoms with Crippen LogP contribution in [0.1, 0.15) is 20.9 Å². The van der Waals surface area contributed by atoms with Crippen LogP contribution in [0.25, 0.3) is 16.3 Å². The summed E-state index contributed by atoms with van der Waals surface area (Å²) >= 11 is 14.1. The van der Waals surface area contributed by atoms with E-state index in [9.17, 15) is 14.4 Å². The minimum absolute atomic E-state index is 0.0839. The molecule has 11 heteroatoms. The fraction of sp³-hybridized carbons (Fsp3) is 0.200. The number of aromatic nitrogens is 2. The SMILES string of the molecule is Cc1nn(C)c2sc(C(=O)NCCN3C(=O)S/C(=C/c4ccc(Cl)c(Cl)c4)C3=O)cc12. The number of carbonyl (C=O) groups is 3. The molecule has 1 aliphatic heterocycles. The molecule has 0 spiro atoms. The van der Waals surface area contributed by atoms with Gasteiger partial charge >= 0.3 is 0 Å². The van der Waals surface area contributed by atoms with Crippen molar-refractivity contribution in [3.63, 3.8) is 0 Å². The molecule has 0 unspecified atom stereocenters. The second kappa shape index (κ2) is 8.66. The maximum Gasteiger partial charge on any atom is 0.293 e. The number of fused-ring (bicyclic) bond motifs is 1. The topological polar surface area (TPSA) is 84.3 Å². The molecule has 1 saturated heterocycles. The highest BCUT2D eigenvalue weighted by Crippen LogP contribution is 2.33. The Balaban J connectivity index is 1.38. The highest BCUT2D eigenvalue weighted by Gasteiger charge is 2.34. The Labute approximate surface area is 196 Å². The van der Waals surface area contributed by atoms with Crippen molar-refractivity contribution in [2.24, 2.45) is 7.05 Å². The zero-order chi connectivity index (χ0) is 22.3. The largest absolute Gasteiger partial charge is 0.350 e. The number of hydrogen-bond donors (Lipinski definition) is 1. The number of imide groups is 1. The lowest BCUT2D eigenvalue weighted by atomic mass is 10.2. The molecule has 1 N–H and O–H groups in total. The number of carbonyl (C=O) groups excluding carboxylic acids is 3. The summed E-state index contributed by atoms with van der Waals surface area (Å²) in [5, 5.41) is 8.43. The number of aryl methyl sites for hydroxylation is 2. The third-order valence-electron chi connectivity index (χ3n) is 4.66. The van der Waals surface area contributed by atoms with E-state index in [1.807, 2.05) is 14.0 Å². The van der Waals surface area contributed by atoms with E-state index >= 15 is 0 Å². The van der Waals surface area contributed by atoms with Crippen molar-refractivity contribution in [3.8, 4) is 0 Å². The van der Waals surface area contributed by atoms with Crippen LogP contribution in [0.3, 0.4) is 0 Å². The van der Waals surface area contributed by atoms with Gasteiger partial charge in [0.25, 0.3) is 17.1 Å². The van der Waals surface area contributed by atoms with E-state index in [1.165, 1.54) is 11.3 Å². The second-order valence-corrected chi connectivity index (χ2v) is 9.64. The van der Waals surface area contributed by atoms with E-state index in [1.54, 1.807) is 35.0 Å². The molecule has 2 aromatic heterocycles. The molecule has 0 atom stereocenters. The predicted octanol–water partition coefficient (Wildman–Crippen LogP) is 4.72. The van der Waals surface area contributed by atoms with Crippen molar-refractivity contribution in [1.82, 2.24) is 20.0 Å². The number of thioether (sulfide) groups is 1. The van der Waals surface area contributed by atoms with Crippen LogP contribution in [0.4, 0.5) is 4.79 Å². The minimum atomic E-state index is -0.404. The Morgan fingerprint density at radius 3 is 2.71 bits per heavy atom. The third kappa shape index (κ3) is 4.36. The minimum Gasteiger partial charge on any atom is -0.350 e. The Morgan fingerprint density at radius 2 is 2.00 bits per heavy atom. The molecule has 3 aromatic rings. The first-order valence-electron chi connectivity index (χ1n) is 9.16. The smallest absolute Gasteiger partial charge is 0.293 e. The molecule has 0 bridgehead atoms. The molecule has 1 fully saturated rings. The molecule has 0 aliphatic carbocycles.